The zero-order valence-corrected chi connectivity index (χ0v) is 12.6. The Morgan fingerprint density at radius 3 is 2.40 bits per heavy atom. The molecule has 1 fully saturated rings. The van der Waals surface area contributed by atoms with Crippen molar-refractivity contribution in [1.29, 1.82) is 0 Å². The van der Waals surface area contributed by atoms with Gasteiger partial charge < -0.3 is 10.6 Å². The Morgan fingerprint density at radius 1 is 1.20 bits per heavy atom. The highest BCUT2D eigenvalue weighted by Gasteiger charge is 2.24. The van der Waals surface area contributed by atoms with Crippen LogP contribution in [0.1, 0.15) is 44.6 Å². The van der Waals surface area contributed by atoms with Crippen LogP contribution >= 0.6 is 0 Å². The Kier molecular flexibility index (Phi) is 5.05. The van der Waals surface area contributed by atoms with E-state index in [4.69, 9.17) is 5.73 Å². The summed E-state index contributed by atoms with van der Waals surface area (Å²) in [6.45, 7) is 2.30. The van der Waals surface area contributed by atoms with Gasteiger partial charge >= 0.3 is 0 Å². The summed E-state index contributed by atoms with van der Waals surface area (Å²) in [4.78, 5) is 14.2. The fourth-order valence-corrected chi connectivity index (χ4v) is 2.95. The normalized spacial score (nSPS) is 22.5. The van der Waals surface area contributed by atoms with Gasteiger partial charge in [-0.15, -0.1) is 0 Å². The van der Waals surface area contributed by atoms with Crippen molar-refractivity contribution in [3.05, 3.63) is 29.8 Å². The maximum Gasteiger partial charge on any atom is 0.222 e. The number of rotatable bonds is 4. The number of aryl methyl sites for hydroxylation is 1. The van der Waals surface area contributed by atoms with Gasteiger partial charge in [0.15, 0.2) is 0 Å². The van der Waals surface area contributed by atoms with Gasteiger partial charge in [-0.05, 0) is 55.7 Å². The number of amides is 1. The molecule has 0 aliphatic heterocycles. The molecule has 0 saturated heterocycles. The largest absolute Gasteiger partial charge is 0.399 e. The Balaban J connectivity index is 1.80. The minimum atomic E-state index is 0.265. The molecular formula is C17H26N2O. The molecule has 1 aromatic rings. The lowest BCUT2D eigenvalue weighted by Gasteiger charge is -2.33. The molecule has 1 amide bonds. The van der Waals surface area contributed by atoms with E-state index < -0.39 is 0 Å². The monoisotopic (exact) mass is 274 g/mol. The number of hydrogen-bond acceptors (Lipinski definition) is 2. The Hall–Kier alpha value is -1.51. The number of carbonyl (C=O) groups excluding carboxylic acids is 1. The molecule has 0 heterocycles. The van der Waals surface area contributed by atoms with Gasteiger partial charge in [0, 0.05) is 25.2 Å². The lowest BCUT2D eigenvalue weighted by molar-refractivity contribution is -0.132. The van der Waals surface area contributed by atoms with Gasteiger partial charge in [-0.3, -0.25) is 4.79 Å². The first-order valence-electron chi connectivity index (χ1n) is 7.66. The molecule has 0 radical (unpaired) electrons. The number of anilines is 1. The van der Waals surface area contributed by atoms with Gasteiger partial charge in [-0.1, -0.05) is 19.1 Å². The lowest BCUT2D eigenvalue weighted by atomic mass is 9.86. The van der Waals surface area contributed by atoms with E-state index in [9.17, 15) is 4.79 Å². The average Bonchev–Trinajstić information content (AvgIpc) is 2.46. The van der Waals surface area contributed by atoms with Crippen molar-refractivity contribution in [2.24, 2.45) is 5.92 Å². The highest BCUT2D eigenvalue weighted by atomic mass is 16.2. The molecule has 20 heavy (non-hydrogen) atoms. The molecule has 1 aliphatic rings. The van der Waals surface area contributed by atoms with Crippen LogP contribution in [0.4, 0.5) is 5.69 Å². The number of carbonyl (C=O) groups is 1. The quantitative estimate of drug-likeness (QED) is 0.857. The van der Waals surface area contributed by atoms with Crippen LogP contribution in [0.3, 0.4) is 0 Å². The number of hydrogen-bond donors (Lipinski definition) is 1. The lowest BCUT2D eigenvalue weighted by Crippen LogP contribution is -2.39. The van der Waals surface area contributed by atoms with Crippen molar-refractivity contribution in [2.75, 3.05) is 12.8 Å². The summed E-state index contributed by atoms with van der Waals surface area (Å²) < 4.78 is 0. The first-order valence-corrected chi connectivity index (χ1v) is 7.66. The number of nitrogen functional groups attached to an aromatic ring is 1. The summed E-state index contributed by atoms with van der Waals surface area (Å²) in [5.74, 6) is 1.09. The third kappa shape index (κ3) is 3.99. The van der Waals surface area contributed by atoms with Gasteiger partial charge in [-0.2, -0.15) is 0 Å². The van der Waals surface area contributed by atoms with Crippen LogP contribution < -0.4 is 5.73 Å². The minimum Gasteiger partial charge on any atom is -0.399 e. The maximum absolute atomic E-state index is 12.3. The van der Waals surface area contributed by atoms with Crippen LogP contribution in [0.2, 0.25) is 0 Å². The first-order chi connectivity index (χ1) is 9.56. The van der Waals surface area contributed by atoms with Crippen molar-refractivity contribution in [3.63, 3.8) is 0 Å². The van der Waals surface area contributed by atoms with Crippen LogP contribution in [0, 0.1) is 5.92 Å². The predicted octanol–water partition coefficient (Wildman–Crippen LogP) is 3.24. The summed E-state index contributed by atoms with van der Waals surface area (Å²) >= 11 is 0. The van der Waals surface area contributed by atoms with Gasteiger partial charge in [-0.25, -0.2) is 0 Å². The van der Waals surface area contributed by atoms with Crippen LogP contribution in [0.25, 0.3) is 0 Å². The molecule has 0 spiro atoms. The first kappa shape index (κ1) is 14.9. The number of nitrogens with two attached hydrogens (primary N) is 1. The molecule has 1 saturated carbocycles. The molecule has 0 atom stereocenters. The van der Waals surface area contributed by atoms with Gasteiger partial charge in [0.2, 0.25) is 5.91 Å². The minimum absolute atomic E-state index is 0.265. The van der Waals surface area contributed by atoms with E-state index in [1.54, 1.807) is 0 Å². The second-order valence-electron chi connectivity index (χ2n) is 6.16. The van der Waals surface area contributed by atoms with E-state index in [1.807, 2.05) is 36.2 Å². The fraction of sp³-hybridized carbons (Fsp3) is 0.588. The van der Waals surface area contributed by atoms with Crippen molar-refractivity contribution in [1.82, 2.24) is 4.90 Å². The third-order valence-electron chi connectivity index (χ3n) is 4.53. The Bertz CT molecular complexity index is 433. The predicted molar refractivity (Wildman–Crippen MR) is 83.4 cm³/mol. The fourth-order valence-electron chi connectivity index (χ4n) is 2.95. The molecule has 2 N–H and O–H groups in total. The van der Waals surface area contributed by atoms with Crippen molar-refractivity contribution >= 4 is 11.6 Å². The van der Waals surface area contributed by atoms with Crippen LogP contribution in [-0.2, 0) is 11.2 Å². The van der Waals surface area contributed by atoms with E-state index in [0.29, 0.717) is 12.5 Å². The summed E-state index contributed by atoms with van der Waals surface area (Å²) in [5.41, 5.74) is 7.62. The van der Waals surface area contributed by atoms with Gasteiger partial charge in [0.05, 0.1) is 0 Å². The molecule has 1 aliphatic carbocycles. The Morgan fingerprint density at radius 2 is 1.80 bits per heavy atom. The molecule has 0 bridgehead atoms. The summed E-state index contributed by atoms with van der Waals surface area (Å²) in [6.07, 6.45) is 6.20. The molecule has 3 nitrogen and oxygen atoms in total. The second-order valence-corrected chi connectivity index (χ2v) is 6.16. The third-order valence-corrected chi connectivity index (χ3v) is 4.53. The van der Waals surface area contributed by atoms with E-state index in [1.165, 1.54) is 18.4 Å². The SMILES string of the molecule is CC1CCC(N(C)C(=O)CCc2ccc(N)cc2)CC1. The van der Waals surface area contributed by atoms with E-state index >= 15 is 0 Å². The zero-order chi connectivity index (χ0) is 14.5. The molecule has 110 valence electrons. The average molecular weight is 274 g/mol. The molecule has 1 aromatic carbocycles. The molecule has 0 unspecified atom stereocenters. The highest BCUT2D eigenvalue weighted by Crippen LogP contribution is 2.26. The summed E-state index contributed by atoms with van der Waals surface area (Å²) in [7, 11) is 1.96. The summed E-state index contributed by atoms with van der Waals surface area (Å²) in [6, 6.07) is 8.25. The topological polar surface area (TPSA) is 46.3 Å². The molecule has 3 heteroatoms. The van der Waals surface area contributed by atoms with Gasteiger partial charge in [0.1, 0.15) is 0 Å². The Labute approximate surface area is 122 Å². The van der Waals surface area contributed by atoms with Crippen molar-refractivity contribution < 1.29 is 4.79 Å². The maximum atomic E-state index is 12.3. The van der Waals surface area contributed by atoms with Crippen LogP contribution in [0.15, 0.2) is 24.3 Å². The molecule has 2 rings (SSSR count). The highest BCUT2D eigenvalue weighted by molar-refractivity contribution is 5.76. The van der Waals surface area contributed by atoms with Crippen molar-refractivity contribution in [2.45, 2.75) is 51.5 Å². The molecular weight excluding hydrogens is 248 g/mol. The zero-order valence-electron chi connectivity index (χ0n) is 12.6. The van der Waals surface area contributed by atoms with Crippen LogP contribution in [0.5, 0.6) is 0 Å². The smallest absolute Gasteiger partial charge is 0.222 e. The van der Waals surface area contributed by atoms with E-state index in [0.717, 1.165) is 30.9 Å². The van der Waals surface area contributed by atoms with Gasteiger partial charge in [0.25, 0.3) is 0 Å². The number of benzene rings is 1. The standard InChI is InChI=1S/C17H26N2O/c1-13-3-10-16(11-4-13)19(2)17(20)12-7-14-5-8-15(18)9-6-14/h5-6,8-9,13,16H,3-4,7,10-12,18H2,1-2H3. The van der Waals surface area contributed by atoms with E-state index in [-0.39, 0.29) is 5.91 Å². The van der Waals surface area contributed by atoms with Crippen LogP contribution in [-0.4, -0.2) is 23.9 Å². The van der Waals surface area contributed by atoms with E-state index in [2.05, 4.69) is 6.92 Å². The molecule has 0 aromatic heterocycles. The number of nitrogens with zero attached hydrogens (tertiary/aromatic N) is 1. The second kappa shape index (κ2) is 6.78. The van der Waals surface area contributed by atoms with Crippen molar-refractivity contribution in [3.8, 4) is 0 Å². The summed E-state index contributed by atoms with van der Waals surface area (Å²) in [5, 5.41) is 0.